The Morgan fingerprint density at radius 3 is 2.58 bits per heavy atom. The molecule has 1 aliphatic rings. The van der Waals surface area contributed by atoms with Gasteiger partial charge in [-0.3, -0.25) is 9.59 Å². The minimum atomic E-state index is -4.00. The van der Waals surface area contributed by atoms with Crippen molar-refractivity contribution in [2.45, 2.75) is 50.3 Å². The molecule has 2 heterocycles. The molecular weight excluding hydrogens is 508 g/mol. The van der Waals surface area contributed by atoms with Crippen LogP contribution in [0.5, 0.6) is 0 Å². The molecule has 36 heavy (non-hydrogen) atoms. The molecule has 0 bridgehead atoms. The van der Waals surface area contributed by atoms with Gasteiger partial charge in [-0.05, 0) is 49.1 Å². The van der Waals surface area contributed by atoms with Crippen molar-refractivity contribution >= 4 is 33.5 Å². The molecule has 12 heteroatoms. The quantitative estimate of drug-likeness (QED) is 0.437. The monoisotopic (exact) mass is 532 g/mol. The molecule has 1 saturated heterocycles. The van der Waals surface area contributed by atoms with Gasteiger partial charge in [0.1, 0.15) is 6.04 Å². The molecule has 10 nitrogen and oxygen atoms in total. The summed E-state index contributed by atoms with van der Waals surface area (Å²) in [6.07, 6.45) is 1.93. The topological polar surface area (TPSA) is 132 Å². The molecule has 1 unspecified atom stereocenters. The largest absolute Gasteiger partial charge is 0.456 e. The zero-order valence-corrected chi connectivity index (χ0v) is 21.1. The van der Waals surface area contributed by atoms with Crippen molar-refractivity contribution < 1.29 is 27.3 Å². The van der Waals surface area contributed by atoms with Crippen molar-refractivity contribution in [3.63, 3.8) is 0 Å². The van der Waals surface area contributed by atoms with E-state index in [4.69, 9.17) is 20.9 Å². The van der Waals surface area contributed by atoms with E-state index in [1.165, 1.54) is 35.5 Å². The predicted octanol–water partition coefficient (Wildman–Crippen LogP) is 3.31. The minimum absolute atomic E-state index is 0.00667. The fourth-order valence-corrected chi connectivity index (χ4v) is 5.57. The first-order valence-corrected chi connectivity index (χ1v) is 13.2. The third-order valence-corrected chi connectivity index (χ3v) is 7.81. The molecule has 1 amide bonds. The maximum atomic E-state index is 13.6. The number of carbonyl (C=O) groups excluding carboxylic acids is 2. The molecule has 1 N–H and O–H groups in total. The van der Waals surface area contributed by atoms with Crippen LogP contribution in [-0.4, -0.2) is 47.3 Å². The SMILES string of the molecule is CC(=O)OCc1nc(-c2ccc(CN(C3CCCCNC3=O)S(=O)(=O)c3ccc(Cl)cc3)cc2)no1. The molecule has 2 aromatic carbocycles. The number of nitrogens with one attached hydrogen (secondary N) is 1. The van der Waals surface area contributed by atoms with Crippen LogP contribution in [0.4, 0.5) is 0 Å². The van der Waals surface area contributed by atoms with Gasteiger partial charge in [-0.25, -0.2) is 8.42 Å². The Hall–Kier alpha value is -3.28. The maximum absolute atomic E-state index is 13.6. The van der Waals surface area contributed by atoms with E-state index in [-0.39, 0.29) is 29.8 Å². The molecule has 0 spiro atoms. The lowest BCUT2D eigenvalue weighted by Crippen LogP contribution is -2.48. The summed E-state index contributed by atoms with van der Waals surface area (Å²) in [5.41, 5.74) is 1.31. The van der Waals surface area contributed by atoms with Crippen LogP contribution < -0.4 is 5.32 Å². The van der Waals surface area contributed by atoms with Gasteiger partial charge in [0.05, 0.1) is 4.90 Å². The van der Waals surface area contributed by atoms with Crippen molar-refractivity contribution in [1.29, 1.82) is 0 Å². The van der Waals surface area contributed by atoms with Gasteiger partial charge < -0.3 is 14.6 Å². The third-order valence-electron chi connectivity index (χ3n) is 5.69. The van der Waals surface area contributed by atoms with E-state index in [0.29, 0.717) is 34.9 Å². The van der Waals surface area contributed by atoms with E-state index < -0.39 is 22.0 Å². The number of hydrogen-bond donors (Lipinski definition) is 1. The van der Waals surface area contributed by atoms with E-state index in [1.807, 2.05) is 0 Å². The number of hydrogen-bond acceptors (Lipinski definition) is 8. The Bertz CT molecular complexity index is 1330. The van der Waals surface area contributed by atoms with Gasteiger partial charge in [-0.1, -0.05) is 41.0 Å². The van der Waals surface area contributed by atoms with Crippen LogP contribution in [0.15, 0.2) is 57.9 Å². The molecule has 3 aromatic rings. The van der Waals surface area contributed by atoms with Gasteiger partial charge in [0.2, 0.25) is 21.8 Å². The van der Waals surface area contributed by atoms with E-state index in [2.05, 4.69) is 15.5 Å². The van der Waals surface area contributed by atoms with E-state index in [1.54, 1.807) is 24.3 Å². The molecule has 4 rings (SSSR count). The Labute approximate surface area is 213 Å². The Morgan fingerprint density at radius 2 is 1.89 bits per heavy atom. The molecule has 1 aliphatic heterocycles. The average Bonchev–Trinajstić information content (AvgIpc) is 3.23. The number of aromatic nitrogens is 2. The predicted molar refractivity (Wildman–Crippen MR) is 130 cm³/mol. The lowest BCUT2D eigenvalue weighted by Gasteiger charge is -2.29. The van der Waals surface area contributed by atoms with Gasteiger partial charge in [-0.2, -0.15) is 9.29 Å². The molecule has 0 aliphatic carbocycles. The zero-order chi connectivity index (χ0) is 25.7. The maximum Gasteiger partial charge on any atom is 0.303 e. The number of amides is 1. The van der Waals surface area contributed by atoms with Gasteiger partial charge >= 0.3 is 5.97 Å². The fourth-order valence-electron chi connectivity index (χ4n) is 3.84. The standard InChI is InChI=1S/C24H25ClN4O6S/c1-16(30)34-15-22-27-23(28-35-22)18-7-5-17(6-8-18)14-29(21-4-2-3-13-26-24(21)31)36(32,33)20-11-9-19(25)10-12-20/h5-12,21H,2-4,13-15H2,1H3,(H,26,31). The van der Waals surface area contributed by atoms with Crippen molar-refractivity contribution in [1.82, 2.24) is 19.8 Å². The number of sulfonamides is 1. The van der Waals surface area contributed by atoms with Crippen molar-refractivity contribution in [2.75, 3.05) is 6.54 Å². The number of carbonyl (C=O) groups is 2. The van der Waals surface area contributed by atoms with Crippen molar-refractivity contribution in [3.05, 3.63) is 65.0 Å². The number of esters is 1. The van der Waals surface area contributed by atoms with Crippen molar-refractivity contribution in [3.8, 4) is 11.4 Å². The second kappa shape index (κ2) is 11.2. The summed E-state index contributed by atoms with van der Waals surface area (Å²) in [4.78, 5) is 28.0. The second-order valence-electron chi connectivity index (χ2n) is 8.30. The van der Waals surface area contributed by atoms with Crippen LogP contribution in [-0.2, 0) is 37.5 Å². The number of ether oxygens (including phenoxy) is 1. The highest BCUT2D eigenvalue weighted by atomic mass is 35.5. The van der Waals surface area contributed by atoms with Gasteiger partial charge in [0.15, 0.2) is 6.61 Å². The first-order chi connectivity index (χ1) is 17.2. The first-order valence-electron chi connectivity index (χ1n) is 11.3. The summed E-state index contributed by atoms with van der Waals surface area (Å²) in [5.74, 6) is -0.310. The molecule has 1 atom stereocenters. The zero-order valence-electron chi connectivity index (χ0n) is 19.5. The molecular formula is C24H25ClN4O6S. The van der Waals surface area contributed by atoms with Crippen LogP contribution in [0.25, 0.3) is 11.4 Å². The van der Waals surface area contributed by atoms with Gasteiger partial charge in [0.25, 0.3) is 5.89 Å². The van der Waals surface area contributed by atoms with Gasteiger partial charge in [-0.15, -0.1) is 0 Å². The molecule has 0 saturated carbocycles. The third kappa shape index (κ3) is 6.10. The first kappa shape index (κ1) is 25.8. The average molecular weight is 533 g/mol. The highest BCUT2D eigenvalue weighted by Crippen LogP contribution is 2.27. The molecule has 190 valence electrons. The van der Waals surface area contributed by atoms with E-state index in [0.717, 1.165) is 12.8 Å². The normalized spacial score (nSPS) is 16.4. The van der Waals surface area contributed by atoms with Gasteiger partial charge in [0, 0.05) is 30.6 Å². The summed E-state index contributed by atoms with van der Waals surface area (Å²) < 4.78 is 38.5. The highest BCUT2D eigenvalue weighted by Gasteiger charge is 2.36. The number of rotatable bonds is 8. The minimum Gasteiger partial charge on any atom is -0.456 e. The number of halogens is 1. The lowest BCUT2D eigenvalue weighted by molar-refractivity contribution is -0.143. The van der Waals surface area contributed by atoms with Crippen LogP contribution in [0.2, 0.25) is 5.02 Å². The van der Waals surface area contributed by atoms with E-state index in [9.17, 15) is 18.0 Å². The summed E-state index contributed by atoms with van der Waals surface area (Å²) >= 11 is 5.95. The summed E-state index contributed by atoms with van der Waals surface area (Å²) in [6, 6.07) is 12.0. The Morgan fingerprint density at radius 1 is 1.17 bits per heavy atom. The Balaban J connectivity index is 1.59. The van der Waals surface area contributed by atoms with Crippen LogP contribution >= 0.6 is 11.6 Å². The number of nitrogens with zero attached hydrogens (tertiary/aromatic N) is 3. The van der Waals surface area contributed by atoms with Crippen molar-refractivity contribution in [2.24, 2.45) is 0 Å². The summed E-state index contributed by atoms with van der Waals surface area (Å²) in [6.45, 7) is 1.67. The molecule has 0 radical (unpaired) electrons. The fraction of sp³-hybridized carbons (Fsp3) is 0.333. The number of benzene rings is 2. The smallest absolute Gasteiger partial charge is 0.303 e. The van der Waals surface area contributed by atoms with Crippen LogP contribution in [0, 0.1) is 0 Å². The van der Waals surface area contributed by atoms with Crippen LogP contribution in [0.1, 0.15) is 37.6 Å². The second-order valence-corrected chi connectivity index (χ2v) is 10.6. The molecule has 1 fully saturated rings. The summed E-state index contributed by atoms with van der Waals surface area (Å²) in [5, 5.41) is 7.12. The summed E-state index contributed by atoms with van der Waals surface area (Å²) in [7, 11) is -4.00. The lowest BCUT2D eigenvalue weighted by atomic mass is 10.1. The highest BCUT2D eigenvalue weighted by molar-refractivity contribution is 7.89. The van der Waals surface area contributed by atoms with E-state index >= 15 is 0 Å². The Kier molecular flexibility index (Phi) is 8.02. The molecule has 1 aromatic heterocycles. The van der Waals surface area contributed by atoms with Crippen LogP contribution in [0.3, 0.4) is 0 Å².